The van der Waals surface area contributed by atoms with Gasteiger partial charge >= 0.3 is 0 Å². The summed E-state index contributed by atoms with van der Waals surface area (Å²) in [7, 11) is 0. The van der Waals surface area contributed by atoms with Crippen molar-refractivity contribution in [2.24, 2.45) is 0 Å². The maximum Gasteiger partial charge on any atom is 0.254 e. The first-order valence-corrected chi connectivity index (χ1v) is 2.37. The molecule has 1 heterocycles. The Morgan fingerprint density at radius 1 is 1.50 bits per heavy atom. The Labute approximate surface area is 48.4 Å². The number of aromatic nitrogens is 1. The fourth-order valence-corrected chi connectivity index (χ4v) is 0.483. The number of terminal acetylenes is 1. The summed E-state index contributed by atoms with van der Waals surface area (Å²) in [5.41, 5.74) is 0.813. The van der Waals surface area contributed by atoms with Gasteiger partial charge in [0.2, 0.25) is 0 Å². The topological polar surface area (TPSA) is 14.1 Å². The van der Waals surface area contributed by atoms with E-state index in [0.717, 1.165) is 5.69 Å². The van der Waals surface area contributed by atoms with Crippen molar-refractivity contribution < 1.29 is 4.98 Å². The largest absolute Gasteiger partial charge is 0.254 e. The lowest BCUT2D eigenvalue weighted by Crippen LogP contribution is -2.04. The van der Waals surface area contributed by atoms with Crippen molar-refractivity contribution in [1.29, 1.82) is 0 Å². The minimum atomic E-state index is 0.813. The summed E-state index contributed by atoms with van der Waals surface area (Å²) in [6.45, 7) is 0. The molecule has 0 bridgehead atoms. The van der Waals surface area contributed by atoms with Crippen molar-refractivity contribution in [2.75, 3.05) is 0 Å². The van der Waals surface area contributed by atoms with Crippen LogP contribution in [0.4, 0.5) is 0 Å². The van der Waals surface area contributed by atoms with Crippen molar-refractivity contribution in [3.05, 3.63) is 30.1 Å². The smallest absolute Gasteiger partial charge is 0.204 e. The van der Waals surface area contributed by atoms with Gasteiger partial charge in [-0.3, -0.25) is 0 Å². The zero-order valence-corrected chi connectivity index (χ0v) is 4.39. The molecule has 0 saturated carbocycles. The van der Waals surface area contributed by atoms with E-state index < -0.39 is 0 Å². The summed E-state index contributed by atoms with van der Waals surface area (Å²) in [4.78, 5) is 2.88. The molecule has 0 amide bonds. The average Bonchev–Trinajstić information content (AvgIpc) is 1.90. The Morgan fingerprint density at radius 3 is 2.75 bits per heavy atom. The standard InChI is InChI=1S/C7H5N/c1-2-7-5-3-4-6-8-7/h1,3-6H/p+1. The van der Waals surface area contributed by atoms with E-state index in [1.807, 2.05) is 18.2 Å². The third kappa shape index (κ3) is 0.855. The molecule has 0 saturated heterocycles. The van der Waals surface area contributed by atoms with Crippen LogP contribution in [0.25, 0.3) is 0 Å². The van der Waals surface area contributed by atoms with Gasteiger partial charge in [-0.1, -0.05) is 0 Å². The Hall–Kier alpha value is -1.29. The summed E-state index contributed by atoms with van der Waals surface area (Å²) in [5.74, 6) is 2.47. The fourth-order valence-electron chi connectivity index (χ4n) is 0.483. The van der Waals surface area contributed by atoms with Crippen LogP contribution >= 0.6 is 0 Å². The Bertz CT molecular complexity index is 195. The molecular weight excluding hydrogens is 98.1 g/mol. The normalized spacial score (nSPS) is 7.88. The van der Waals surface area contributed by atoms with Crippen molar-refractivity contribution in [1.82, 2.24) is 0 Å². The lowest BCUT2D eigenvalue weighted by molar-refractivity contribution is -0.381. The van der Waals surface area contributed by atoms with E-state index >= 15 is 0 Å². The minimum absolute atomic E-state index is 0.813. The fraction of sp³-hybridized carbons (Fsp3) is 0. The maximum atomic E-state index is 5.07. The van der Waals surface area contributed by atoms with Crippen LogP contribution in [-0.4, -0.2) is 0 Å². The molecule has 1 heteroatoms. The van der Waals surface area contributed by atoms with E-state index in [1.165, 1.54) is 0 Å². The number of nitrogens with one attached hydrogen (secondary N) is 1. The highest BCUT2D eigenvalue weighted by atomic mass is 14.6. The zero-order chi connectivity index (χ0) is 5.82. The molecule has 0 radical (unpaired) electrons. The first-order chi connectivity index (χ1) is 3.93. The highest BCUT2D eigenvalue weighted by Gasteiger charge is 1.86. The van der Waals surface area contributed by atoms with Gasteiger partial charge < -0.3 is 0 Å². The molecule has 1 N–H and O–H groups in total. The van der Waals surface area contributed by atoms with Gasteiger partial charge in [0.1, 0.15) is 0 Å². The van der Waals surface area contributed by atoms with Crippen LogP contribution in [0.15, 0.2) is 24.4 Å². The van der Waals surface area contributed by atoms with Gasteiger partial charge in [-0.25, -0.2) is 4.98 Å². The zero-order valence-electron chi connectivity index (χ0n) is 4.39. The lowest BCUT2D eigenvalue weighted by atomic mass is 10.4. The summed E-state index contributed by atoms with van der Waals surface area (Å²) >= 11 is 0. The van der Waals surface area contributed by atoms with E-state index in [1.54, 1.807) is 6.20 Å². The first-order valence-electron chi connectivity index (χ1n) is 2.37. The third-order valence-electron chi connectivity index (χ3n) is 0.865. The Morgan fingerprint density at radius 2 is 2.38 bits per heavy atom. The molecule has 1 nitrogen and oxygen atoms in total. The van der Waals surface area contributed by atoms with Crippen LogP contribution in [0, 0.1) is 12.3 Å². The highest BCUT2D eigenvalue weighted by molar-refractivity contribution is 5.17. The number of hydrogen-bond donors (Lipinski definition) is 0. The second-order valence-corrected chi connectivity index (χ2v) is 1.42. The van der Waals surface area contributed by atoms with E-state index in [0.29, 0.717) is 0 Å². The van der Waals surface area contributed by atoms with Crippen LogP contribution in [0.5, 0.6) is 0 Å². The van der Waals surface area contributed by atoms with Crippen LogP contribution in [0.1, 0.15) is 5.69 Å². The average molecular weight is 104 g/mol. The number of rotatable bonds is 0. The number of aromatic amines is 1. The maximum absolute atomic E-state index is 5.07. The minimum Gasteiger partial charge on any atom is -0.204 e. The van der Waals surface area contributed by atoms with Crippen molar-refractivity contribution in [2.45, 2.75) is 0 Å². The third-order valence-corrected chi connectivity index (χ3v) is 0.865. The molecule has 0 unspecified atom stereocenters. The van der Waals surface area contributed by atoms with Gasteiger partial charge in [0.15, 0.2) is 6.20 Å². The van der Waals surface area contributed by atoms with Gasteiger partial charge in [-0.2, -0.15) is 0 Å². The van der Waals surface area contributed by atoms with Crippen LogP contribution < -0.4 is 4.98 Å². The molecule has 1 aromatic heterocycles. The van der Waals surface area contributed by atoms with E-state index in [2.05, 4.69) is 10.9 Å². The lowest BCUT2D eigenvalue weighted by Gasteiger charge is -1.74. The summed E-state index contributed by atoms with van der Waals surface area (Å²) in [6.07, 6.45) is 6.87. The molecule has 0 aromatic carbocycles. The molecule has 0 aliphatic heterocycles. The second kappa shape index (κ2) is 2.13. The van der Waals surface area contributed by atoms with E-state index in [-0.39, 0.29) is 0 Å². The SMILES string of the molecule is C#Cc1cccc[nH+]1. The highest BCUT2D eigenvalue weighted by Crippen LogP contribution is 1.81. The predicted molar refractivity (Wildman–Crippen MR) is 30.9 cm³/mol. The number of hydrogen-bond acceptors (Lipinski definition) is 0. The molecule has 1 aromatic rings. The quantitative estimate of drug-likeness (QED) is 0.425. The molecule has 0 spiro atoms. The van der Waals surface area contributed by atoms with E-state index in [4.69, 9.17) is 6.42 Å². The van der Waals surface area contributed by atoms with Crippen LogP contribution in [0.2, 0.25) is 0 Å². The molecule has 1 rings (SSSR count). The Balaban J connectivity index is 3.05. The predicted octanol–water partition coefficient (Wildman–Crippen LogP) is 0.482. The van der Waals surface area contributed by atoms with Gasteiger partial charge in [-0.05, 0) is 12.0 Å². The van der Waals surface area contributed by atoms with Crippen LogP contribution in [0.3, 0.4) is 0 Å². The summed E-state index contributed by atoms with van der Waals surface area (Å²) in [6, 6.07) is 5.63. The molecular formula is C7H6N+. The first kappa shape index (κ1) is 4.86. The molecule has 0 fully saturated rings. The van der Waals surface area contributed by atoms with Gasteiger partial charge in [0.05, 0.1) is 0 Å². The van der Waals surface area contributed by atoms with Crippen molar-refractivity contribution in [3.8, 4) is 12.3 Å². The molecule has 0 atom stereocenters. The van der Waals surface area contributed by atoms with Crippen molar-refractivity contribution in [3.63, 3.8) is 0 Å². The van der Waals surface area contributed by atoms with Gasteiger partial charge in [0, 0.05) is 12.1 Å². The number of pyridine rings is 1. The number of H-pyrrole nitrogens is 1. The van der Waals surface area contributed by atoms with Crippen molar-refractivity contribution >= 4 is 0 Å². The molecule has 0 aliphatic carbocycles. The molecule has 0 aliphatic rings. The van der Waals surface area contributed by atoms with E-state index in [9.17, 15) is 0 Å². The molecule has 38 valence electrons. The second-order valence-electron chi connectivity index (χ2n) is 1.42. The van der Waals surface area contributed by atoms with Gasteiger partial charge in [0.25, 0.3) is 5.69 Å². The summed E-state index contributed by atoms with van der Waals surface area (Å²) < 4.78 is 0. The summed E-state index contributed by atoms with van der Waals surface area (Å²) in [5, 5.41) is 0. The Kier molecular flexibility index (Phi) is 1.29. The molecule has 8 heavy (non-hydrogen) atoms. The van der Waals surface area contributed by atoms with Gasteiger partial charge in [-0.15, -0.1) is 6.42 Å². The monoisotopic (exact) mass is 104 g/mol. The van der Waals surface area contributed by atoms with Crippen LogP contribution in [-0.2, 0) is 0 Å².